The molecule has 0 spiro atoms. The number of ether oxygens (including phenoxy) is 2. The van der Waals surface area contributed by atoms with Gasteiger partial charge in [0.05, 0.1) is 18.4 Å². The van der Waals surface area contributed by atoms with Crippen LogP contribution in [-0.4, -0.2) is 44.0 Å². The second-order valence-corrected chi connectivity index (χ2v) is 5.87. The number of carbonyl (C=O) groups is 4. The minimum Gasteiger partial charge on any atom is -0.465 e. The minimum absolute atomic E-state index is 0.167. The number of anilines is 1. The van der Waals surface area contributed by atoms with Crippen LogP contribution in [0.5, 0.6) is 0 Å². The highest BCUT2D eigenvalue weighted by molar-refractivity contribution is 6.30. The number of benzene rings is 2. The monoisotopic (exact) mass is 404 g/mol. The molecule has 8 nitrogen and oxygen atoms in total. The Morgan fingerprint density at radius 2 is 1.68 bits per heavy atom. The number of nitrogens with one attached hydrogen (secondary N) is 2. The van der Waals surface area contributed by atoms with Gasteiger partial charge in [-0.15, -0.1) is 0 Å². The van der Waals surface area contributed by atoms with E-state index in [1.807, 2.05) is 0 Å². The first-order valence-corrected chi connectivity index (χ1v) is 8.45. The predicted octanol–water partition coefficient (Wildman–Crippen LogP) is 2.04. The molecule has 9 heteroatoms. The van der Waals surface area contributed by atoms with Gasteiger partial charge in [0.25, 0.3) is 11.8 Å². The lowest BCUT2D eigenvalue weighted by Gasteiger charge is -2.10. The molecule has 2 amide bonds. The molecule has 2 rings (SSSR count). The number of rotatable bonds is 7. The molecule has 2 aromatic rings. The van der Waals surface area contributed by atoms with E-state index in [-0.39, 0.29) is 11.3 Å². The molecule has 0 aromatic heterocycles. The van der Waals surface area contributed by atoms with E-state index in [1.165, 1.54) is 31.4 Å². The van der Waals surface area contributed by atoms with Gasteiger partial charge in [0.2, 0.25) is 0 Å². The van der Waals surface area contributed by atoms with E-state index in [1.54, 1.807) is 24.3 Å². The lowest BCUT2D eigenvalue weighted by Crippen LogP contribution is -2.32. The summed E-state index contributed by atoms with van der Waals surface area (Å²) >= 11 is 5.74. The Kier molecular flexibility index (Phi) is 7.53. The average molecular weight is 405 g/mol. The maximum atomic E-state index is 11.9. The summed E-state index contributed by atoms with van der Waals surface area (Å²) in [5, 5.41) is 5.32. The highest BCUT2D eigenvalue weighted by Crippen LogP contribution is 2.15. The molecule has 0 bridgehead atoms. The minimum atomic E-state index is -0.793. The summed E-state index contributed by atoms with van der Waals surface area (Å²) in [6.45, 7) is -0.987. The maximum Gasteiger partial charge on any atom is 0.339 e. The van der Waals surface area contributed by atoms with Crippen LogP contribution in [0.15, 0.2) is 48.5 Å². The quantitative estimate of drug-likeness (QED) is 0.683. The van der Waals surface area contributed by atoms with Crippen molar-refractivity contribution >= 4 is 41.0 Å². The first kappa shape index (κ1) is 20.9. The van der Waals surface area contributed by atoms with Gasteiger partial charge in [-0.3, -0.25) is 14.4 Å². The molecule has 146 valence electrons. The molecule has 0 fully saturated rings. The highest BCUT2D eigenvalue weighted by Gasteiger charge is 2.15. The van der Waals surface area contributed by atoms with Crippen LogP contribution in [0.25, 0.3) is 0 Å². The molecule has 0 aliphatic rings. The van der Waals surface area contributed by atoms with E-state index < -0.39 is 36.9 Å². The SMILES string of the molecule is COC(=O)c1ccccc1NC(=O)COC(=O)CNC(=O)c1ccc(Cl)cc1. The van der Waals surface area contributed by atoms with Crippen molar-refractivity contribution in [2.24, 2.45) is 0 Å². The first-order valence-electron chi connectivity index (χ1n) is 8.07. The zero-order valence-electron chi connectivity index (χ0n) is 14.9. The van der Waals surface area contributed by atoms with Crippen molar-refractivity contribution in [2.75, 3.05) is 25.6 Å². The van der Waals surface area contributed by atoms with Crippen molar-refractivity contribution in [3.8, 4) is 0 Å². The van der Waals surface area contributed by atoms with Gasteiger partial charge >= 0.3 is 11.9 Å². The summed E-state index contributed by atoms with van der Waals surface area (Å²) in [5.41, 5.74) is 0.723. The van der Waals surface area contributed by atoms with Crippen molar-refractivity contribution in [3.63, 3.8) is 0 Å². The molecule has 0 heterocycles. The van der Waals surface area contributed by atoms with Gasteiger partial charge in [-0.25, -0.2) is 4.79 Å². The zero-order chi connectivity index (χ0) is 20.5. The number of carbonyl (C=O) groups excluding carboxylic acids is 4. The van der Waals surface area contributed by atoms with Gasteiger partial charge in [-0.05, 0) is 36.4 Å². The van der Waals surface area contributed by atoms with E-state index in [2.05, 4.69) is 15.4 Å². The summed E-state index contributed by atoms with van der Waals surface area (Å²) in [7, 11) is 1.22. The summed E-state index contributed by atoms with van der Waals surface area (Å²) in [6.07, 6.45) is 0. The number of amides is 2. The Hall–Kier alpha value is -3.39. The smallest absolute Gasteiger partial charge is 0.339 e. The van der Waals surface area contributed by atoms with Crippen LogP contribution < -0.4 is 10.6 Å². The van der Waals surface area contributed by atoms with E-state index >= 15 is 0 Å². The van der Waals surface area contributed by atoms with Gasteiger partial charge in [0.1, 0.15) is 6.54 Å². The lowest BCUT2D eigenvalue weighted by atomic mass is 10.2. The fraction of sp³-hybridized carbons (Fsp3) is 0.158. The van der Waals surface area contributed by atoms with Crippen molar-refractivity contribution < 1.29 is 28.7 Å². The predicted molar refractivity (Wildman–Crippen MR) is 101 cm³/mol. The largest absolute Gasteiger partial charge is 0.465 e. The third-order valence-corrected chi connectivity index (χ3v) is 3.72. The zero-order valence-corrected chi connectivity index (χ0v) is 15.6. The number of hydrogen-bond donors (Lipinski definition) is 2. The van der Waals surface area contributed by atoms with Crippen molar-refractivity contribution in [2.45, 2.75) is 0 Å². The average Bonchev–Trinajstić information content (AvgIpc) is 2.70. The van der Waals surface area contributed by atoms with E-state index in [4.69, 9.17) is 16.3 Å². The molecule has 0 radical (unpaired) electrons. The fourth-order valence-electron chi connectivity index (χ4n) is 2.12. The normalized spacial score (nSPS) is 9.93. The third kappa shape index (κ3) is 6.10. The Morgan fingerprint density at radius 3 is 2.36 bits per heavy atom. The molecular formula is C19H17ClN2O6. The van der Waals surface area contributed by atoms with E-state index in [9.17, 15) is 19.2 Å². The van der Waals surface area contributed by atoms with Crippen LogP contribution in [0, 0.1) is 0 Å². The van der Waals surface area contributed by atoms with Crippen molar-refractivity contribution in [1.82, 2.24) is 5.32 Å². The Labute approximate surface area is 165 Å². The number of para-hydroxylation sites is 1. The molecule has 0 aliphatic heterocycles. The Bertz CT molecular complexity index is 882. The Balaban J connectivity index is 1.80. The summed E-state index contributed by atoms with van der Waals surface area (Å²) in [5.74, 6) is -2.53. The second kappa shape index (κ2) is 10.1. The fourth-order valence-corrected chi connectivity index (χ4v) is 2.25. The maximum absolute atomic E-state index is 11.9. The number of hydrogen-bond acceptors (Lipinski definition) is 6. The van der Waals surface area contributed by atoms with E-state index in [0.29, 0.717) is 10.6 Å². The lowest BCUT2D eigenvalue weighted by molar-refractivity contribution is -0.146. The van der Waals surface area contributed by atoms with Gasteiger partial charge in [-0.2, -0.15) is 0 Å². The molecule has 0 unspecified atom stereocenters. The molecule has 0 saturated carbocycles. The number of methoxy groups -OCH3 is 1. The van der Waals surface area contributed by atoms with Crippen LogP contribution in [0.2, 0.25) is 5.02 Å². The van der Waals surface area contributed by atoms with Crippen LogP contribution in [0.3, 0.4) is 0 Å². The highest BCUT2D eigenvalue weighted by atomic mass is 35.5. The molecule has 0 atom stereocenters. The van der Waals surface area contributed by atoms with Gasteiger partial charge in [-0.1, -0.05) is 23.7 Å². The molecule has 28 heavy (non-hydrogen) atoms. The van der Waals surface area contributed by atoms with Crippen molar-refractivity contribution in [1.29, 1.82) is 0 Å². The summed E-state index contributed by atoms with van der Waals surface area (Å²) in [4.78, 5) is 47.2. The standard InChI is InChI=1S/C19H17ClN2O6/c1-27-19(26)14-4-2-3-5-15(14)22-16(23)11-28-17(24)10-21-18(25)12-6-8-13(20)9-7-12/h2-9H,10-11H2,1H3,(H,21,25)(H,22,23). The molecule has 2 aromatic carbocycles. The topological polar surface area (TPSA) is 111 Å². The van der Waals surface area contributed by atoms with Crippen molar-refractivity contribution in [3.05, 3.63) is 64.7 Å². The molecular weight excluding hydrogens is 388 g/mol. The summed E-state index contributed by atoms with van der Waals surface area (Å²) < 4.78 is 9.44. The van der Waals surface area contributed by atoms with Crippen LogP contribution in [0.4, 0.5) is 5.69 Å². The van der Waals surface area contributed by atoms with Gasteiger partial charge < -0.3 is 20.1 Å². The Morgan fingerprint density at radius 1 is 1.00 bits per heavy atom. The molecule has 2 N–H and O–H groups in total. The number of halogens is 1. The molecule has 0 aliphatic carbocycles. The number of esters is 2. The van der Waals surface area contributed by atoms with Crippen LogP contribution in [-0.2, 0) is 19.1 Å². The van der Waals surface area contributed by atoms with E-state index in [0.717, 1.165) is 0 Å². The van der Waals surface area contributed by atoms with Gasteiger partial charge in [0, 0.05) is 10.6 Å². The van der Waals surface area contributed by atoms with Crippen LogP contribution in [0.1, 0.15) is 20.7 Å². The second-order valence-electron chi connectivity index (χ2n) is 5.44. The van der Waals surface area contributed by atoms with Gasteiger partial charge in [0.15, 0.2) is 6.61 Å². The summed E-state index contributed by atoms with van der Waals surface area (Å²) in [6, 6.07) is 12.4. The third-order valence-electron chi connectivity index (χ3n) is 3.47. The first-order chi connectivity index (χ1) is 13.4. The van der Waals surface area contributed by atoms with Crippen LogP contribution >= 0.6 is 11.6 Å². The molecule has 0 saturated heterocycles.